The molecule has 1 unspecified atom stereocenters. The summed E-state index contributed by atoms with van der Waals surface area (Å²) in [5, 5.41) is 4.60. The minimum Gasteiger partial charge on any atom is -0.383 e. The van der Waals surface area contributed by atoms with Gasteiger partial charge in [-0.25, -0.2) is 0 Å². The first-order valence-electron chi connectivity index (χ1n) is 4.49. The number of anilines is 2. The average molecular weight is 197 g/mol. The maximum atomic E-state index is 5.66. The zero-order valence-electron chi connectivity index (χ0n) is 8.22. The molecular weight excluding hydrogens is 182 g/mol. The number of rotatable bonds is 2. The van der Waals surface area contributed by atoms with Gasteiger partial charge in [-0.15, -0.1) is 0 Å². The molecule has 1 aromatic heterocycles. The Morgan fingerprint density at radius 3 is 2.62 bits per heavy atom. The van der Waals surface area contributed by atoms with Crippen molar-refractivity contribution >= 4 is 22.4 Å². The molecule has 4 heteroatoms. The summed E-state index contributed by atoms with van der Waals surface area (Å²) in [6.07, 6.45) is 1.24. The van der Waals surface area contributed by atoms with Gasteiger partial charge in [-0.3, -0.25) is 0 Å². The lowest BCUT2D eigenvalue weighted by atomic mass is 10.2. The SMILES string of the molecule is Cc1c(N)nsc1NC1CC1(C)C. The molecule has 1 aliphatic rings. The first-order chi connectivity index (χ1) is 6.00. The van der Waals surface area contributed by atoms with Crippen molar-refractivity contribution in [3.8, 4) is 0 Å². The van der Waals surface area contributed by atoms with Crippen molar-refractivity contribution < 1.29 is 0 Å². The number of nitrogens with zero attached hydrogens (tertiary/aromatic N) is 1. The van der Waals surface area contributed by atoms with Gasteiger partial charge < -0.3 is 11.1 Å². The highest BCUT2D eigenvalue weighted by atomic mass is 32.1. The van der Waals surface area contributed by atoms with E-state index in [1.54, 1.807) is 0 Å². The Kier molecular flexibility index (Phi) is 1.77. The van der Waals surface area contributed by atoms with Gasteiger partial charge in [-0.05, 0) is 30.3 Å². The van der Waals surface area contributed by atoms with Gasteiger partial charge in [0.25, 0.3) is 0 Å². The standard InChI is InChI=1S/C9H15N3S/c1-5-7(10)12-13-8(5)11-6-4-9(6,2)3/h6,11H,4H2,1-3H3,(H2,10,12). The summed E-state index contributed by atoms with van der Waals surface area (Å²) in [5.41, 5.74) is 7.20. The molecule has 1 saturated carbocycles. The molecule has 0 spiro atoms. The predicted molar refractivity (Wildman–Crippen MR) is 57.1 cm³/mol. The quantitative estimate of drug-likeness (QED) is 0.764. The van der Waals surface area contributed by atoms with Crippen LogP contribution in [0.25, 0.3) is 0 Å². The molecule has 2 rings (SSSR count). The van der Waals surface area contributed by atoms with Crippen LogP contribution in [0.15, 0.2) is 0 Å². The van der Waals surface area contributed by atoms with Crippen LogP contribution in [0.5, 0.6) is 0 Å². The second kappa shape index (κ2) is 2.61. The second-order valence-electron chi connectivity index (χ2n) is 4.41. The zero-order valence-corrected chi connectivity index (χ0v) is 9.03. The fourth-order valence-corrected chi connectivity index (χ4v) is 2.12. The van der Waals surface area contributed by atoms with Crippen molar-refractivity contribution in [1.82, 2.24) is 4.37 Å². The van der Waals surface area contributed by atoms with E-state index in [-0.39, 0.29) is 0 Å². The van der Waals surface area contributed by atoms with E-state index in [2.05, 4.69) is 23.5 Å². The van der Waals surface area contributed by atoms with Crippen LogP contribution in [-0.2, 0) is 0 Å². The maximum Gasteiger partial charge on any atom is 0.142 e. The highest BCUT2D eigenvalue weighted by molar-refractivity contribution is 7.10. The summed E-state index contributed by atoms with van der Waals surface area (Å²) in [6, 6.07) is 0.603. The third kappa shape index (κ3) is 1.50. The van der Waals surface area contributed by atoms with E-state index in [1.807, 2.05) is 6.92 Å². The molecule has 13 heavy (non-hydrogen) atoms. The molecule has 0 radical (unpaired) electrons. The smallest absolute Gasteiger partial charge is 0.142 e. The molecular formula is C9H15N3S. The normalized spacial score (nSPS) is 24.4. The summed E-state index contributed by atoms with van der Waals surface area (Å²) in [6.45, 7) is 6.55. The zero-order chi connectivity index (χ0) is 9.64. The van der Waals surface area contributed by atoms with Crippen molar-refractivity contribution in [2.45, 2.75) is 33.2 Å². The molecule has 1 aliphatic carbocycles. The Morgan fingerprint density at radius 1 is 1.62 bits per heavy atom. The Bertz CT molecular complexity index is 330. The van der Waals surface area contributed by atoms with E-state index in [0.717, 1.165) is 10.6 Å². The Hall–Kier alpha value is -0.770. The van der Waals surface area contributed by atoms with Crippen molar-refractivity contribution in [1.29, 1.82) is 0 Å². The minimum atomic E-state index is 0.450. The van der Waals surface area contributed by atoms with Crippen LogP contribution < -0.4 is 11.1 Å². The first kappa shape index (κ1) is 8.81. The fraction of sp³-hybridized carbons (Fsp3) is 0.667. The van der Waals surface area contributed by atoms with Gasteiger partial charge in [0.1, 0.15) is 10.8 Å². The summed E-state index contributed by atoms with van der Waals surface area (Å²) < 4.78 is 4.10. The van der Waals surface area contributed by atoms with Crippen LogP contribution >= 0.6 is 11.5 Å². The summed E-state index contributed by atoms with van der Waals surface area (Å²) in [5.74, 6) is 0.658. The van der Waals surface area contributed by atoms with Gasteiger partial charge in [0.05, 0.1) is 0 Å². The molecule has 3 nitrogen and oxygen atoms in total. The van der Waals surface area contributed by atoms with Gasteiger partial charge >= 0.3 is 0 Å². The average Bonchev–Trinajstić information content (AvgIpc) is 2.53. The third-order valence-corrected chi connectivity index (χ3v) is 3.67. The van der Waals surface area contributed by atoms with E-state index in [1.165, 1.54) is 18.0 Å². The molecule has 0 bridgehead atoms. The van der Waals surface area contributed by atoms with Crippen LogP contribution in [0.1, 0.15) is 25.8 Å². The van der Waals surface area contributed by atoms with E-state index in [0.29, 0.717) is 17.3 Å². The number of hydrogen-bond acceptors (Lipinski definition) is 4. The molecule has 1 aromatic rings. The number of nitrogens with two attached hydrogens (primary N) is 1. The van der Waals surface area contributed by atoms with Gasteiger partial charge in [-0.1, -0.05) is 13.8 Å². The lowest BCUT2D eigenvalue weighted by molar-refractivity contribution is 0.631. The monoisotopic (exact) mass is 197 g/mol. The second-order valence-corrected chi connectivity index (χ2v) is 5.18. The van der Waals surface area contributed by atoms with Crippen LogP contribution in [0.3, 0.4) is 0 Å². The Labute approximate surface area is 82.5 Å². The summed E-state index contributed by atoms with van der Waals surface area (Å²) in [4.78, 5) is 0. The Balaban J connectivity index is 2.07. The van der Waals surface area contributed by atoms with Crippen molar-refractivity contribution in [2.75, 3.05) is 11.1 Å². The minimum absolute atomic E-state index is 0.450. The largest absolute Gasteiger partial charge is 0.383 e. The van der Waals surface area contributed by atoms with E-state index in [9.17, 15) is 0 Å². The van der Waals surface area contributed by atoms with Gasteiger partial charge in [0.2, 0.25) is 0 Å². The molecule has 0 aliphatic heterocycles. The van der Waals surface area contributed by atoms with Crippen LogP contribution in [0, 0.1) is 12.3 Å². The van der Waals surface area contributed by atoms with Crippen molar-refractivity contribution in [3.05, 3.63) is 5.56 Å². The number of nitrogen functional groups attached to an aromatic ring is 1. The van der Waals surface area contributed by atoms with E-state index < -0.39 is 0 Å². The van der Waals surface area contributed by atoms with Crippen LogP contribution in [0.4, 0.5) is 10.8 Å². The predicted octanol–water partition coefficient (Wildman–Crippen LogP) is 2.24. The molecule has 0 amide bonds. The summed E-state index contributed by atoms with van der Waals surface area (Å²) >= 11 is 1.46. The molecule has 1 fully saturated rings. The number of nitrogens with one attached hydrogen (secondary N) is 1. The third-order valence-electron chi connectivity index (χ3n) is 2.78. The molecule has 0 saturated heterocycles. The van der Waals surface area contributed by atoms with Crippen molar-refractivity contribution in [2.24, 2.45) is 5.41 Å². The van der Waals surface area contributed by atoms with Crippen LogP contribution in [-0.4, -0.2) is 10.4 Å². The molecule has 1 atom stereocenters. The fourth-order valence-electron chi connectivity index (χ4n) is 1.35. The van der Waals surface area contributed by atoms with Crippen LogP contribution in [0.2, 0.25) is 0 Å². The molecule has 3 N–H and O–H groups in total. The van der Waals surface area contributed by atoms with Gasteiger partial charge in [0.15, 0.2) is 0 Å². The number of aromatic nitrogens is 1. The van der Waals surface area contributed by atoms with E-state index in [4.69, 9.17) is 5.73 Å². The molecule has 0 aromatic carbocycles. The topological polar surface area (TPSA) is 50.9 Å². The highest BCUT2D eigenvalue weighted by Crippen LogP contribution is 2.47. The Morgan fingerprint density at radius 2 is 2.23 bits per heavy atom. The highest BCUT2D eigenvalue weighted by Gasteiger charge is 2.46. The lowest BCUT2D eigenvalue weighted by Gasteiger charge is -2.05. The first-order valence-corrected chi connectivity index (χ1v) is 5.26. The van der Waals surface area contributed by atoms with Gasteiger partial charge in [-0.2, -0.15) is 4.37 Å². The molecule has 72 valence electrons. The number of hydrogen-bond donors (Lipinski definition) is 2. The lowest BCUT2D eigenvalue weighted by Crippen LogP contribution is -2.07. The molecule has 1 heterocycles. The van der Waals surface area contributed by atoms with Gasteiger partial charge in [0, 0.05) is 11.6 Å². The van der Waals surface area contributed by atoms with E-state index >= 15 is 0 Å². The van der Waals surface area contributed by atoms with Crippen molar-refractivity contribution in [3.63, 3.8) is 0 Å². The summed E-state index contributed by atoms with van der Waals surface area (Å²) in [7, 11) is 0. The maximum absolute atomic E-state index is 5.66.